The number of esters is 1. The van der Waals surface area contributed by atoms with Crippen molar-refractivity contribution in [3.05, 3.63) is 35.8 Å². The van der Waals surface area contributed by atoms with E-state index in [-0.39, 0.29) is 34.4 Å². The van der Waals surface area contributed by atoms with E-state index in [4.69, 9.17) is 9.15 Å². The van der Waals surface area contributed by atoms with E-state index in [9.17, 15) is 14.7 Å². The van der Waals surface area contributed by atoms with Crippen molar-refractivity contribution in [2.24, 2.45) is 33.5 Å². The molecule has 1 aromatic rings. The van der Waals surface area contributed by atoms with E-state index in [1.165, 1.54) is 18.1 Å². The van der Waals surface area contributed by atoms with Gasteiger partial charge < -0.3 is 14.3 Å². The van der Waals surface area contributed by atoms with Gasteiger partial charge >= 0.3 is 5.97 Å². The maximum atomic E-state index is 13.0. The largest absolute Gasteiger partial charge is 0.472 e. The minimum atomic E-state index is -0.893. The number of fused-ring (bicyclic) bond motifs is 5. The Balaban J connectivity index is 1.66. The minimum Gasteiger partial charge on any atom is -0.472 e. The van der Waals surface area contributed by atoms with Crippen LogP contribution in [0.5, 0.6) is 0 Å². The molecule has 1 aromatic heterocycles. The molecule has 0 amide bonds. The number of aliphatic hydroxyl groups is 1. The fourth-order valence-electron chi connectivity index (χ4n) is 9.30. The van der Waals surface area contributed by atoms with Crippen molar-refractivity contribution in [3.63, 3.8) is 0 Å². The number of carbonyl (C=O) groups excluding carboxylic acids is 2. The Morgan fingerprint density at radius 3 is 2.55 bits per heavy atom. The van der Waals surface area contributed by atoms with Crippen molar-refractivity contribution >= 4 is 11.8 Å². The number of carbonyl (C=O) groups is 2. The number of ketones is 1. The quantitative estimate of drug-likeness (QED) is 0.476. The van der Waals surface area contributed by atoms with Crippen LogP contribution in [0.3, 0.4) is 0 Å². The molecule has 5 heteroatoms. The van der Waals surface area contributed by atoms with Gasteiger partial charge in [-0.3, -0.25) is 9.59 Å². The van der Waals surface area contributed by atoms with Crippen molar-refractivity contribution in [3.8, 4) is 0 Å². The molecular formula is C28H38O5. The SMILES string of the molecule is CC(=O)OC1[C@H](O)[C@H]2C(C)(C)C(=O)CC[C@]2(C)[C@H]2CC[C@]3(C)C(=CC[C@H]3c3ccoc3)[C@]12C. The predicted molar refractivity (Wildman–Crippen MR) is 124 cm³/mol. The third-order valence-corrected chi connectivity index (χ3v) is 10.6. The van der Waals surface area contributed by atoms with E-state index >= 15 is 0 Å². The van der Waals surface area contributed by atoms with E-state index in [1.54, 1.807) is 6.26 Å². The zero-order valence-corrected chi connectivity index (χ0v) is 20.8. The molecule has 0 bridgehead atoms. The van der Waals surface area contributed by atoms with Gasteiger partial charge in [-0.1, -0.05) is 46.3 Å². The normalized spacial score (nSPS) is 46.1. The maximum absolute atomic E-state index is 13.0. The molecule has 3 saturated carbocycles. The smallest absolute Gasteiger partial charge is 0.303 e. The van der Waals surface area contributed by atoms with Crippen LogP contribution in [0.1, 0.15) is 85.1 Å². The third-order valence-electron chi connectivity index (χ3n) is 10.6. The van der Waals surface area contributed by atoms with Gasteiger partial charge in [-0.2, -0.15) is 0 Å². The molecule has 4 aliphatic carbocycles. The highest BCUT2D eigenvalue weighted by molar-refractivity contribution is 5.85. The molecule has 0 aromatic carbocycles. The Bertz CT molecular complexity index is 1010. The van der Waals surface area contributed by atoms with Crippen molar-refractivity contribution in [2.75, 3.05) is 0 Å². The molecule has 8 atom stereocenters. The molecule has 1 unspecified atom stereocenters. The summed E-state index contributed by atoms with van der Waals surface area (Å²) < 4.78 is 11.4. The van der Waals surface area contributed by atoms with Gasteiger partial charge in [-0.05, 0) is 60.0 Å². The van der Waals surface area contributed by atoms with E-state index in [0.29, 0.717) is 12.3 Å². The zero-order valence-electron chi connectivity index (χ0n) is 20.8. The van der Waals surface area contributed by atoms with Crippen LogP contribution in [-0.4, -0.2) is 29.1 Å². The van der Waals surface area contributed by atoms with Crippen LogP contribution in [0.25, 0.3) is 0 Å². The van der Waals surface area contributed by atoms with Crippen LogP contribution >= 0.6 is 0 Å². The average molecular weight is 455 g/mol. The van der Waals surface area contributed by atoms with Gasteiger partial charge in [-0.25, -0.2) is 0 Å². The Kier molecular flexibility index (Phi) is 4.90. The summed E-state index contributed by atoms with van der Waals surface area (Å²) in [6.07, 6.45) is 8.65. The summed E-state index contributed by atoms with van der Waals surface area (Å²) >= 11 is 0. The van der Waals surface area contributed by atoms with Crippen molar-refractivity contribution in [1.82, 2.24) is 0 Å². The number of Topliss-reactive ketones (excluding diaryl/α,β-unsaturated/α-hetero) is 1. The molecule has 0 radical (unpaired) electrons. The number of furan rings is 1. The summed E-state index contributed by atoms with van der Waals surface area (Å²) in [5.74, 6) is 0.117. The van der Waals surface area contributed by atoms with Crippen LogP contribution in [-0.2, 0) is 14.3 Å². The second-order valence-corrected chi connectivity index (χ2v) is 12.4. The number of ether oxygens (including phenoxy) is 1. The Hall–Kier alpha value is -1.88. The van der Waals surface area contributed by atoms with Crippen LogP contribution in [0.15, 0.2) is 34.7 Å². The van der Waals surface area contributed by atoms with Crippen LogP contribution < -0.4 is 0 Å². The lowest BCUT2D eigenvalue weighted by atomic mass is 9.36. The molecule has 0 saturated heterocycles. The van der Waals surface area contributed by atoms with E-state index < -0.39 is 23.0 Å². The van der Waals surface area contributed by atoms with Gasteiger partial charge in [0, 0.05) is 30.1 Å². The topological polar surface area (TPSA) is 76.7 Å². The second kappa shape index (κ2) is 7.07. The number of hydrogen-bond donors (Lipinski definition) is 1. The number of hydrogen-bond acceptors (Lipinski definition) is 5. The highest BCUT2D eigenvalue weighted by Gasteiger charge is 2.72. The first-order valence-corrected chi connectivity index (χ1v) is 12.5. The lowest BCUT2D eigenvalue weighted by Gasteiger charge is -2.68. The lowest BCUT2D eigenvalue weighted by molar-refractivity contribution is -0.245. The highest BCUT2D eigenvalue weighted by Crippen LogP contribution is 2.73. The number of allylic oxidation sites excluding steroid dienone is 1. The average Bonchev–Trinajstić information content (AvgIpc) is 3.36. The predicted octanol–water partition coefficient (Wildman–Crippen LogP) is 5.43. The standard InChI is InChI=1S/C28H38O5/c1-16(29)33-24-22(31)23-25(2,3)21(30)10-13-27(23,5)20-9-12-26(4)18(17-11-14-32-15-17)7-8-19(26)28(20,24)6/h8,11,14-15,18,20,22-24,31H,7,9-10,12-13H2,1-6H3/t18-,20+,22+,23-,24?,26-,27+,28-/m0/s1. The van der Waals surface area contributed by atoms with Gasteiger partial charge in [0.1, 0.15) is 11.9 Å². The molecule has 5 rings (SSSR count). The number of aliphatic hydroxyl groups excluding tert-OH is 1. The van der Waals surface area contributed by atoms with Crippen LogP contribution in [0.2, 0.25) is 0 Å². The van der Waals surface area contributed by atoms with Gasteiger partial charge in [0.2, 0.25) is 0 Å². The molecule has 0 aliphatic heterocycles. The van der Waals surface area contributed by atoms with Gasteiger partial charge in [-0.15, -0.1) is 0 Å². The minimum absolute atomic E-state index is 0.0869. The fraction of sp³-hybridized carbons (Fsp3) is 0.714. The molecule has 3 fully saturated rings. The lowest BCUT2D eigenvalue weighted by Crippen LogP contribution is -2.70. The molecule has 33 heavy (non-hydrogen) atoms. The van der Waals surface area contributed by atoms with E-state index in [0.717, 1.165) is 25.7 Å². The van der Waals surface area contributed by atoms with Crippen molar-refractivity contribution in [2.45, 2.75) is 91.8 Å². The summed E-state index contributed by atoms with van der Waals surface area (Å²) in [6.45, 7) is 12.2. The maximum Gasteiger partial charge on any atom is 0.303 e. The van der Waals surface area contributed by atoms with E-state index in [2.05, 4.69) is 32.9 Å². The Morgan fingerprint density at radius 1 is 1.18 bits per heavy atom. The fourth-order valence-corrected chi connectivity index (χ4v) is 9.30. The first-order chi connectivity index (χ1) is 15.4. The monoisotopic (exact) mass is 454 g/mol. The molecule has 5 nitrogen and oxygen atoms in total. The summed E-state index contributed by atoms with van der Waals surface area (Å²) in [7, 11) is 0. The van der Waals surface area contributed by atoms with Gasteiger partial charge in [0.05, 0.1) is 18.6 Å². The Morgan fingerprint density at radius 2 is 1.91 bits per heavy atom. The van der Waals surface area contributed by atoms with Gasteiger partial charge in [0.15, 0.2) is 0 Å². The summed E-state index contributed by atoms with van der Waals surface area (Å²) in [5.41, 5.74) is 1.08. The summed E-state index contributed by atoms with van der Waals surface area (Å²) in [5, 5.41) is 11.9. The van der Waals surface area contributed by atoms with Crippen LogP contribution in [0, 0.1) is 33.5 Å². The zero-order chi connectivity index (χ0) is 24.0. The molecular weight excluding hydrogens is 416 g/mol. The first kappa shape index (κ1) is 22.9. The molecule has 4 aliphatic rings. The summed E-state index contributed by atoms with van der Waals surface area (Å²) in [4.78, 5) is 25.3. The van der Waals surface area contributed by atoms with E-state index in [1.807, 2.05) is 20.1 Å². The van der Waals surface area contributed by atoms with Crippen LogP contribution in [0.4, 0.5) is 0 Å². The van der Waals surface area contributed by atoms with Crippen molar-refractivity contribution < 1.29 is 23.8 Å². The molecule has 0 spiro atoms. The summed E-state index contributed by atoms with van der Waals surface area (Å²) in [6, 6.07) is 2.06. The third kappa shape index (κ3) is 2.81. The second-order valence-electron chi connectivity index (χ2n) is 12.4. The highest BCUT2D eigenvalue weighted by atomic mass is 16.6. The molecule has 1 N–H and O–H groups in total. The molecule has 1 heterocycles. The number of rotatable bonds is 2. The van der Waals surface area contributed by atoms with Crippen molar-refractivity contribution in [1.29, 1.82) is 0 Å². The first-order valence-electron chi connectivity index (χ1n) is 12.5. The van der Waals surface area contributed by atoms with Gasteiger partial charge in [0.25, 0.3) is 0 Å². The Labute approximate surface area is 197 Å². The molecule has 180 valence electrons.